The number of ether oxygens (including phenoxy) is 2. The van der Waals surface area contributed by atoms with E-state index in [2.05, 4.69) is 6.07 Å². The molecule has 1 rings (SSSR count). The molecule has 4 nitrogen and oxygen atoms in total. The molecule has 0 N–H and O–H groups in total. The van der Waals surface area contributed by atoms with E-state index in [4.69, 9.17) is 14.7 Å². The van der Waals surface area contributed by atoms with Crippen LogP contribution in [0.5, 0.6) is 11.5 Å². The van der Waals surface area contributed by atoms with Crippen molar-refractivity contribution in [3.05, 3.63) is 18.2 Å². The first-order valence-corrected chi connectivity index (χ1v) is 5.45. The Labute approximate surface area is 102 Å². The molecular formula is C13H18N2O2. The van der Waals surface area contributed by atoms with Crippen LogP contribution in [0.25, 0.3) is 0 Å². The van der Waals surface area contributed by atoms with Crippen LogP contribution in [0.1, 0.15) is 6.92 Å². The molecule has 0 aliphatic carbocycles. The predicted molar refractivity (Wildman–Crippen MR) is 67.6 cm³/mol. The number of nitrogens with zero attached hydrogens (tertiary/aromatic N) is 2. The van der Waals surface area contributed by atoms with Crippen LogP contribution in [0.2, 0.25) is 0 Å². The van der Waals surface area contributed by atoms with E-state index in [0.29, 0.717) is 6.54 Å². The summed E-state index contributed by atoms with van der Waals surface area (Å²) < 4.78 is 10.5. The monoisotopic (exact) mass is 234 g/mol. The maximum Gasteiger partial charge on any atom is 0.142 e. The van der Waals surface area contributed by atoms with E-state index in [1.165, 1.54) is 0 Å². The second kappa shape index (κ2) is 6.00. The smallest absolute Gasteiger partial charge is 0.142 e. The lowest BCUT2D eigenvalue weighted by atomic mass is 10.2. The van der Waals surface area contributed by atoms with Gasteiger partial charge in [0.2, 0.25) is 0 Å². The maximum atomic E-state index is 8.83. The molecule has 0 bridgehead atoms. The SMILES string of the molecule is COc1ccc(OC)c(N(C)CC(C)C#N)c1. The number of methoxy groups -OCH3 is 2. The van der Waals surface area contributed by atoms with Crippen molar-refractivity contribution >= 4 is 5.69 Å². The Balaban J connectivity index is 2.97. The molecule has 1 aromatic rings. The molecule has 17 heavy (non-hydrogen) atoms. The van der Waals surface area contributed by atoms with E-state index < -0.39 is 0 Å². The first-order chi connectivity index (χ1) is 8.12. The summed E-state index contributed by atoms with van der Waals surface area (Å²) >= 11 is 0. The van der Waals surface area contributed by atoms with Crippen LogP contribution < -0.4 is 14.4 Å². The van der Waals surface area contributed by atoms with E-state index in [1.54, 1.807) is 14.2 Å². The van der Waals surface area contributed by atoms with Gasteiger partial charge >= 0.3 is 0 Å². The Morgan fingerprint density at radius 1 is 1.35 bits per heavy atom. The predicted octanol–water partition coefficient (Wildman–Crippen LogP) is 2.30. The molecule has 1 aromatic carbocycles. The summed E-state index contributed by atoms with van der Waals surface area (Å²) in [6.07, 6.45) is 0. The van der Waals surface area contributed by atoms with Crippen molar-refractivity contribution in [3.8, 4) is 17.6 Å². The number of nitriles is 1. The van der Waals surface area contributed by atoms with E-state index in [9.17, 15) is 0 Å². The fraction of sp³-hybridized carbons (Fsp3) is 0.462. The molecule has 1 unspecified atom stereocenters. The first kappa shape index (κ1) is 13.2. The topological polar surface area (TPSA) is 45.5 Å². The number of anilines is 1. The molecular weight excluding hydrogens is 216 g/mol. The highest BCUT2D eigenvalue weighted by molar-refractivity contribution is 5.61. The Morgan fingerprint density at radius 2 is 2.06 bits per heavy atom. The minimum atomic E-state index is -0.0316. The number of hydrogen-bond donors (Lipinski definition) is 0. The highest BCUT2D eigenvalue weighted by Gasteiger charge is 2.12. The van der Waals surface area contributed by atoms with Crippen LogP contribution in [0, 0.1) is 17.2 Å². The largest absolute Gasteiger partial charge is 0.497 e. The van der Waals surface area contributed by atoms with Crippen molar-refractivity contribution in [1.29, 1.82) is 5.26 Å². The van der Waals surface area contributed by atoms with Gasteiger partial charge in [0, 0.05) is 19.7 Å². The van der Waals surface area contributed by atoms with Crippen LogP contribution in [0.15, 0.2) is 18.2 Å². The zero-order valence-corrected chi connectivity index (χ0v) is 10.7. The van der Waals surface area contributed by atoms with Crippen molar-refractivity contribution < 1.29 is 9.47 Å². The van der Waals surface area contributed by atoms with Crippen LogP contribution in [0.3, 0.4) is 0 Å². The summed E-state index contributed by atoms with van der Waals surface area (Å²) in [6.45, 7) is 2.54. The fourth-order valence-electron chi connectivity index (χ4n) is 1.65. The van der Waals surface area contributed by atoms with Gasteiger partial charge in [-0.2, -0.15) is 5.26 Å². The van der Waals surface area contributed by atoms with Crippen LogP contribution in [-0.4, -0.2) is 27.8 Å². The molecule has 0 spiro atoms. The summed E-state index contributed by atoms with van der Waals surface area (Å²) in [4.78, 5) is 2.00. The molecule has 0 fully saturated rings. The minimum absolute atomic E-state index is 0.0316. The van der Waals surface area contributed by atoms with Crippen molar-refractivity contribution in [2.24, 2.45) is 5.92 Å². The lowest BCUT2D eigenvalue weighted by Gasteiger charge is -2.23. The molecule has 1 atom stereocenters. The highest BCUT2D eigenvalue weighted by Crippen LogP contribution is 2.31. The number of benzene rings is 1. The zero-order chi connectivity index (χ0) is 12.8. The van der Waals surface area contributed by atoms with E-state index in [-0.39, 0.29) is 5.92 Å². The Hall–Kier alpha value is -1.89. The van der Waals surface area contributed by atoms with Gasteiger partial charge in [-0.05, 0) is 19.1 Å². The Bertz CT molecular complexity index is 412. The number of hydrogen-bond acceptors (Lipinski definition) is 4. The van der Waals surface area contributed by atoms with Crippen molar-refractivity contribution in [2.45, 2.75) is 6.92 Å². The van der Waals surface area contributed by atoms with Crippen LogP contribution in [0.4, 0.5) is 5.69 Å². The lowest BCUT2D eigenvalue weighted by Crippen LogP contribution is -2.23. The number of rotatable bonds is 5. The standard InChI is InChI=1S/C13H18N2O2/c1-10(8-14)9-15(2)12-7-11(16-3)5-6-13(12)17-4/h5-7,10H,9H2,1-4H3. The minimum Gasteiger partial charge on any atom is -0.497 e. The van der Waals surface area contributed by atoms with E-state index in [1.807, 2.05) is 37.1 Å². The van der Waals surface area contributed by atoms with Gasteiger partial charge in [0.25, 0.3) is 0 Å². The third-order valence-electron chi connectivity index (χ3n) is 2.57. The molecule has 0 heterocycles. The van der Waals surface area contributed by atoms with Gasteiger partial charge in [-0.15, -0.1) is 0 Å². The molecule has 0 aliphatic heterocycles. The second-order valence-corrected chi connectivity index (χ2v) is 3.95. The second-order valence-electron chi connectivity index (χ2n) is 3.95. The summed E-state index contributed by atoms with van der Waals surface area (Å²) in [5.74, 6) is 1.52. The maximum absolute atomic E-state index is 8.83. The molecule has 0 saturated carbocycles. The normalized spacial score (nSPS) is 11.5. The van der Waals surface area contributed by atoms with Crippen molar-refractivity contribution in [2.75, 3.05) is 32.7 Å². The van der Waals surface area contributed by atoms with Crippen LogP contribution in [-0.2, 0) is 0 Å². The molecule has 0 aromatic heterocycles. The quantitative estimate of drug-likeness (QED) is 0.784. The molecule has 0 amide bonds. The van der Waals surface area contributed by atoms with Gasteiger partial charge in [-0.3, -0.25) is 0 Å². The average Bonchev–Trinajstić information content (AvgIpc) is 2.37. The molecule has 0 saturated heterocycles. The van der Waals surface area contributed by atoms with Gasteiger partial charge in [0.1, 0.15) is 11.5 Å². The Kier molecular flexibility index (Phi) is 4.65. The van der Waals surface area contributed by atoms with Crippen molar-refractivity contribution in [1.82, 2.24) is 0 Å². The highest BCUT2D eigenvalue weighted by atomic mass is 16.5. The third kappa shape index (κ3) is 3.28. The van der Waals surface area contributed by atoms with Crippen LogP contribution >= 0.6 is 0 Å². The third-order valence-corrected chi connectivity index (χ3v) is 2.57. The van der Waals surface area contributed by atoms with Gasteiger partial charge in [0.05, 0.1) is 31.9 Å². The summed E-state index contributed by atoms with van der Waals surface area (Å²) in [5, 5.41) is 8.83. The lowest BCUT2D eigenvalue weighted by molar-refractivity contribution is 0.403. The van der Waals surface area contributed by atoms with Gasteiger partial charge < -0.3 is 14.4 Å². The molecule has 0 aliphatic rings. The van der Waals surface area contributed by atoms with Gasteiger partial charge in [0.15, 0.2) is 0 Å². The average molecular weight is 234 g/mol. The van der Waals surface area contributed by atoms with E-state index in [0.717, 1.165) is 17.2 Å². The van der Waals surface area contributed by atoms with Gasteiger partial charge in [-0.25, -0.2) is 0 Å². The zero-order valence-electron chi connectivity index (χ0n) is 10.7. The summed E-state index contributed by atoms with van der Waals surface area (Å²) in [6, 6.07) is 7.84. The molecule has 92 valence electrons. The summed E-state index contributed by atoms with van der Waals surface area (Å²) in [5.41, 5.74) is 0.925. The fourth-order valence-corrected chi connectivity index (χ4v) is 1.65. The first-order valence-electron chi connectivity index (χ1n) is 5.45. The molecule has 0 radical (unpaired) electrons. The van der Waals surface area contributed by atoms with Gasteiger partial charge in [-0.1, -0.05) is 0 Å². The van der Waals surface area contributed by atoms with Crippen molar-refractivity contribution in [3.63, 3.8) is 0 Å². The molecule has 4 heteroatoms. The van der Waals surface area contributed by atoms with E-state index >= 15 is 0 Å². The summed E-state index contributed by atoms with van der Waals surface area (Å²) in [7, 11) is 5.20. The Morgan fingerprint density at radius 3 is 2.59 bits per heavy atom.